The van der Waals surface area contributed by atoms with Gasteiger partial charge in [-0.15, -0.1) is 0 Å². The van der Waals surface area contributed by atoms with Crippen molar-refractivity contribution < 1.29 is 5.11 Å². The van der Waals surface area contributed by atoms with Crippen molar-refractivity contribution in [2.24, 2.45) is 5.92 Å². The van der Waals surface area contributed by atoms with E-state index in [0.29, 0.717) is 18.4 Å². The quantitative estimate of drug-likeness (QED) is 0.813. The zero-order chi connectivity index (χ0) is 13.0. The molecule has 1 fully saturated rings. The van der Waals surface area contributed by atoms with Crippen LogP contribution in [0, 0.1) is 5.92 Å². The zero-order valence-corrected chi connectivity index (χ0v) is 11.7. The molecule has 1 unspecified atom stereocenters. The third-order valence-corrected chi connectivity index (χ3v) is 4.44. The Kier molecular flexibility index (Phi) is 4.82. The second kappa shape index (κ2) is 6.38. The van der Waals surface area contributed by atoms with Crippen molar-refractivity contribution >= 4 is 0 Å². The number of aliphatic hydroxyl groups is 1. The van der Waals surface area contributed by atoms with Gasteiger partial charge in [-0.3, -0.25) is 0 Å². The van der Waals surface area contributed by atoms with Gasteiger partial charge >= 0.3 is 0 Å². The highest BCUT2D eigenvalue weighted by atomic mass is 16.3. The van der Waals surface area contributed by atoms with Crippen LogP contribution in [0.2, 0.25) is 0 Å². The summed E-state index contributed by atoms with van der Waals surface area (Å²) in [6, 6.07) is 9.10. The number of benzene rings is 1. The second-order valence-corrected chi connectivity index (χ2v) is 5.98. The molecular formula is C17H26O. The van der Waals surface area contributed by atoms with E-state index in [2.05, 4.69) is 38.1 Å². The molecule has 1 atom stereocenters. The van der Waals surface area contributed by atoms with Gasteiger partial charge in [0.05, 0.1) is 0 Å². The standard InChI is InChI=1S/C17H26O/c1-13(2)14-7-9-16(10-8-14)17(11-12-18)15-5-3-4-6-15/h7-10,13,15,17-18H,3-6,11-12H2,1-2H3. The van der Waals surface area contributed by atoms with Crippen molar-refractivity contribution in [2.75, 3.05) is 6.61 Å². The Bertz CT molecular complexity index is 346. The van der Waals surface area contributed by atoms with Crippen LogP contribution in [0.1, 0.15) is 68.9 Å². The molecule has 0 aromatic heterocycles. The lowest BCUT2D eigenvalue weighted by atomic mass is 9.82. The van der Waals surface area contributed by atoms with Crippen LogP contribution < -0.4 is 0 Å². The van der Waals surface area contributed by atoms with E-state index in [1.54, 1.807) is 0 Å². The first-order chi connectivity index (χ1) is 8.72. The van der Waals surface area contributed by atoms with Crippen LogP contribution >= 0.6 is 0 Å². The van der Waals surface area contributed by atoms with E-state index in [1.165, 1.54) is 36.8 Å². The summed E-state index contributed by atoms with van der Waals surface area (Å²) in [5.74, 6) is 1.96. The molecule has 0 aliphatic heterocycles. The molecule has 1 heteroatoms. The third-order valence-electron chi connectivity index (χ3n) is 4.44. The van der Waals surface area contributed by atoms with Crippen LogP contribution in [0.3, 0.4) is 0 Å². The topological polar surface area (TPSA) is 20.2 Å². The number of hydrogen-bond acceptors (Lipinski definition) is 1. The zero-order valence-electron chi connectivity index (χ0n) is 11.7. The number of aliphatic hydroxyl groups excluding tert-OH is 1. The molecule has 1 aliphatic carbocycles. The lowest BCUT2D eigenvalue weighted by molar-refractivity contribution is 0.254. The predicted molar refractivity (Wildman–Crippen MR) is 76.9 cm³/mol. The van der Waals surface area contributed by atoms with Gasteiger partial charge in [0.25, 0.3) is 0 Å². The summed E-state index contributed by atoms with van der Waals surface area (Å²) in [7, 11) is 0. The fourth-order valence-corrected chi connectivity index (χ4v) is 3.30. The van der Waals surface area contributed by atoms with Crippen LogP contribution in [-0.4, -0.2) is 11.7 Å². The Hall–Kier alpha value is -0.820. The maximum atomic E-state index is 9.30. The SMILES string of the molecule is CC(C)c1ccc(C(CCO)C2CCCC2)cc1. The minimum absolute atomic E-state index is 0.313. The highest BCUT2D eigenvalue weighted by Crippen LogP contribution is 2.39. The maximum Gasteiger partial charge on any atom is 0.0436 e. The molecule has 1 saturated carbocycles. The van der Waals surface area contributed by atoms with E-state index in [0.717, 1.165) is 12.3 Å². The largest absolute Gasteiger partial charge is 0.396 e. The fourth-order valence-electron chi connectivity index (χ4n) is 3.30. The third kappa shape index (κ3) is 3.14. The van der Waals surface area contributed by atoms with Crippen LogP contribution in [0.15, 0.2) is 24.3 Å². The highest BCUT2D eigenvalue weighted by molar-refractivity contribution is 5.27. The van der Waals surface area contributed by atoms with Gasteiger partial charge in [-0.1, -0.05) is 51.0 Å². The summed E-state index contributed by atoms with van der Waals surface area (Å²) in [6.07, 6.45) is 6.35. The van der Waals surface area contributed by atoms with Crippen molar-refractivity contribution in [1.82, 2.24) is 0 Å². The first-order valence-electron chi connectivity index (χ1n) is 7.43. The lowest BCUT2D eigenvalue weighted by Gasteiger charge is -2.23. The van der Waals surface area contributed by atoms with E-state index < -0.39 is 0 Å². The molecule has 18 heavy (non-hydrogen) atoms. The normalized spacial score (nSPS) is 18.4. The molecule has 0 spiro atoms. The van der Waals surface area contributed by atoms with Gasteiger partial charge in [0.15, 0.2) is 0 Å². The Morgan fingerprint density at radius 2 is 1.61 bits per heavy atom. The van der Waals surface area contributed by atoms with Gasteiger partial charge in [-0.05, 0) is 48.1 Å². The van der Waals surface area contributed by atoms with E-state index in [1.807, 2.05) is 0 Å². The Labute approximate surface area is 111 Å². The summed E-state index contributed by atoms with van der Waals surface area (Å²) in [5, 5.41) is 9.30. The van der Waals surface area contributed by atoms with Crippen molar-refractivity contribution in [2.45, 2.75) is 57.8 Å². The Balaban J connectivity index is 2.14. The molecule has 100 valence electrons. The first-order valence-corrected chi connectivity index (χ1v) is 7.43. The molecular weight excluding hydrogens is 220 g/mol. The van der Waals surface area contributed by atoms with E-state index >= 15 is 0 Å². The minimum atomic E-state index is 0.313. The first kappa shape index (κ1) is 13.6. The van der Waals surface area contributed by atoms with E-state index in [4.69, 9.17) is 0 Å². The Morgan fingerprint density at radius 1 is 1.06 bits per heavy atom. The van der Waals surface area contributed by atoms with Gasteiger partial charge in [-0.2, -0.15) is 0 Å². The average Bonchev–Trinajstić information content (AvgIpc) is 2.90. The van der Waals surface area contributed by atoms with Crippen LogP contribution in [0.5, 0.6) is 0 Å². The van der Waals surface area contributed by atoms with Gasteiger partial charge in [0.1, 0.15) is 0 Å². The highest BCUT2D eigenvalue weighted by Gasteiger charge is 2.25. The molecule has 1 aromatic carbocycles. The molecule has 0 heterocycles. The summed E-state index contributed by atoms with van der Waals surface area (Å²) in [6.45, 7) is 4.78. The van der Waals surface area contributed by atoms with Crippen molar-refractivity contribution in [3.8, 4) is 0 Å². The van der Waals surface area contributed by atoms with Crippen LogP contribution in [0.25, 0.3) is 0 Å². The number of rotatable bonds is 5. The van der Waals surface area contributed by atoms with Crippen LogP contribution in [-0.2, 0) is 0 Å². The summed E-state index contributed by atoms with van der Waals surface area (Å²) in [5.41, 5.74) is 2.84. The maximum absolute atomic E-state index is 9.30. The molecule has 0 bridgehead atoms. The molecule has 0 radical (unpaired) electrons. The van der Waals surface area contributed by atoms with Gasteiger partial charge in [-0.25, -0.2) is 0 Å². The van der Waals surface area contributed by atoms with Gasteiger partial charge in [0.2, 0.25) is 0 Å². The number of hydrogen-bond donors (Lipinski definition) is 1. The summed E-state index contributed by atoms with van der Waals surface area (Å²) in [4.78, 5) is 0. The second-order valence-electron chi connectivity index (χ2n) is 5.98. The summed E-state index contributed by atoms with van der Waals surface area (Å²) < 4.78 is 0. The molecule has 1 nitrogen and oxygen atoms in total. The Morgan fingerprint density at radius 3 is 2.11 bits per heavy atom. The van der Waals surface area contributed by atoms with Crippen LogP contribution in [0.4, 0.5) is 0 Å². The van der Waals surface area contributed by atoms with Gasteiger partial charge in [0, 0.05) is 6.61 Å². The lowest BCUT2D eigenvalue weighted by Crippen LogP contribution is -2.11. The molecule has 1 aliphatic rings. The van der Waals surface area contributed by atoms with Crippen molar-refractivity contribution in [3.05, 3.63) is 35.4 Å². The van der Waals surface area contributed by atoms with Crippen molar-refractivity contribution in [3.63, 3.8) is 0 Å². The van der Waals surface area contributed by atoms with E-state index in [-0.39, 0.29) is 0 Å². The summed E-state index contributed by atoms with van der Waals surface area (Å²) >= 11 is 0. The molecule has 2 rings (SSSR count). The smallest absolute Gasteiger partial charge is 0.0436 e. The molecule has 1 aromatic rings. The fraction of sp³-hybridized carbons (Fsp3) is 0.647. The minimum Gasteiger partial charge on any atom is -0.396 e. The molecule has 0 amide bonds. The molecule has 1 N–H and O–H groups in total. The monoisotopic (exact) mass is 246 g/mol. The van der Waals surface area contributed by atoms with Gasteiger partial charge < -0.3 is 5.11 Å². The predicted octanol–water partition coefficient (Wildman–Crippen LogP) is 4.47. The van der Waals surface area contributed by atoms with Crippen molar-refractivity contribution in [1.29, 1.82) is 0 Å². The van der Waals surface area contributed by atoms with E-state index in [9.17, 15) is 5.11 Å². The molecule has 0 saturated heterocycles. The average molecular weight is 246 g/mol.